The number of ether oxygens (including phenoxy) is 2. The van der Waals surface area contributed by atoms with Crippen LogP contribution in [0.15, 0.2) is 72.8 Å². The number of fused-ring (bicyclic) bond motifs is 1. The highest BCUT2D eigenvalue weighted by Crippen LogP contribution is 2.24. The number of hydrogen-bond acceptors (Lipinski definition) is 5. The quantitative estimate of drug-likeness (QED) is 0.348. The fourth-order valence-electron chi connectivity index (χ4n) is 3.36. The van der Waals surface area contributed by atoms with E-state index in [9.17, 15) is 14.4 Å². The predicted molar refractivity (Wildman–Crippen MR) is 134 cm³/mol. The first-order valence-corrected chi connectivity index (χ1v) is 10.8. The molecule has 3 N–H and O–H groups in total. The van der Waals surface area contributed by atoms with Gasteiger partial charge in [0.15, 0.2) is 0 Å². The molecule has 4 aromatic rings. The molecule has 0 bridgehead atoms. The maximum absolute atomic E-state index is 13.1. The van der Waals surface area contributed by atoms with E-state index in [4.69, 9.17) is 21.1 Å². The van der Waals surface area contributed by atoms with Gasteiger partial charge in [0.25, 0.3) is 5.91 Å². The summed E-state index contributed by atoms with van der Waals surface area (Å²) in [7, 11) is 3.07. The van der Waals surface area contributed by atoms with Crippen LogP contribution < -0.4 is 25.5 Å². The summed E-state index contributed by atoms with van der Waals surface area (Å²) in [6.45, 7) is 0. The Balaban J connectivity index is 1.58. The molecule has 9 nitrogen and oxygen atoms in total. The Morgan fingerprint density at radius 3 is 1.89 bits per heavy atom. The molecule has 0 saturated heterocycles. The lowest BCUT2D eigenvalue weighted by Gasteiger charge is -2.13. The van der Waals surface area contributed by atoms with Crippen LogP contribution in [-0.2, 0) is 9.59 Å². The lowest BCUT2D eigenvalue weighted by molar-refractivity contribution is -0.133. The molecule has 0 aliphatic carbocycles. The minimum absolute atomic E-state index is 0.101. The molecular formula is C25H21ClN4O5. The van der Waals surface area contributed by atoms with Crippen molar-refractivity contribution in [3.63, 3.8) is 0 Å². The van der Waals surface area contributed by atoms with Gasteiger partial charge in [-0.1, -0.05) is 11.6 Å². The average molecular weight is 493 g/mol. The van der Waals surface area contributed by atoms with Crippen molar-refractivity contribution in [1.82, 2.24) is 4.68 Å². The summed E-state index contributed by atoms with van der Waals surface area (Å²) in [6.07, 6.45) is 0. The van der Waals surface area contributed by atoms with Crippen molar-refractivity contribution in [2.45, 2.75) is 0 Å². The van der Waals surface area contributed by atoms with Crippen molar-refractivity contribution in [3.05, 3.63) is 83.5 Å². The third kappa shape index (κ3) is 5.36. The van der Waals surface area contributed by atoms with E-state index in [1.165, 1.54) is 11.8 Å². The highest BCUT2D eigenvalue weighted by atomic mass is 35.5. The summed E-state index contributed by atoms with van der Waals surface area (Å²) in [5.41, 5.74) is 4.02. The zero-order valence-corrected chi connectivity index (χ0v) is 19.6. The lowest BCUT2D eigenvalue weighted by Crippen LogP contribution is -2.36. The average Bonchev–Trinajstić information content (AvgIpc) is 3.22. The van der Waals surface area contributed by atoms with Gasteiger partial charge in [-0.05, 0) is 72.8 Å². The summed E-state index contributed by atoms with van der Waals surface area (Å²) >= 11 is 6.10. The number of rotatable bonds is 6. The fraction of sp³-hybridized carbons (Fsp3) is 0.0800. The van der Waals surface area contributed by atoms with Crippen molar-refractivity contribution in [1.29, 1.82) is 0 Å². The summed E-state index contributed by atoms with van der Waals surface area (Å²) in [5.74, 6) is -1.13. The molecule has 4 rings (SSSR count). The number of aromatic nitrogens is 1. The Bertz CT molecular complexity index is 1400. The number of amides is 3. The molecule has 0 spiro atoms. The standard InChI is InChI=1S/C25H21ClN4O5/c1-34-19-8-4-17(5-9-19)27-23(31)22-14-15-13-16(26)3-12-21(15)30(22)29-25(33)24(32)28-18-6-10-20(35-2)11-7-18/h3-14H,1-2H3,(H,27,31)(H,28,32)(H,29,33). The van der Waals surface area contributed by atoms with Crippen LogP contribution in [0.5, 0.6) is 11.5 Å². The largest absolute Gasteiger partial charge is 0.497 e. The second kappa shape index (κ2) is 10.2. The van der Waals surface area contributed by atoms with Gasteiger partial charge in [-0.3, -0.25) is 19.8 Å². The van der Waals surface area contributed by atoms with E-state index < -0.39 is 17.7 Å². The number of nitrogens with zero attached hydrogens (tertiary/aromatic N) is 1. The van der Waals surface area contributed by atoms with E-state index in [-0.39, 0.29) is 5.69 Å². The molecule has 1 aromatic heterocycles. The van der Waals surface area contributed by atoms with Gasteiger partial charge in [-0.2, -0.15) is 0 Å². The molecular weight excluding hydrogens is 472 g/mol. The van der Waals surface area contributed by atoms with E-state index in [1.54, 1.807) is 79.9 Å². The van der Waals surface area contributed by atoms with Crippen molar-refractivity contribution in [2.75, 3.05) is 30.3 Å². The van der Waals surface area contributed by atoms with Crippen LogP contribution in [-0.4, -0.2) is 36.6 Å². The molecule has 0 fully saturated rings. The first kappa shape index (κ1) is 23.7. The molecule has 1 heterocycles. The van der Waals surface area contributed by atoms with Crippen LogP contribution in [0.4, 0.5) is 11.4 Å². The summed E-state index contributed by atoms with van der Waals surface area (Å²) in [6, 6.07) is 19.8. The molecule has 0 unspecified atom stereocenters. The maximum Gasteiger partial charge on any atom is 0.328 e. The van der Waals surface area contributed by atoms with E-state index in [1.807, 2.05) is 0 Å². The highest BCUT2D eigenvalue weighted by Gasteiger charge is 2.21. The van der Waals surface area contributed by atoms with Crippen LogP contribution in [0, 0.1) is 0 Å². The Hall–Kier alpha value is -4.50. The Morgan fingerprint density at radius 1 is 0.743 bits per heavy atom. The van der Waals surface area contributed by atoms with Crippen molar-refractivity contribution in [3.8, 4) is 11.5 Å². The van der Waals surface area contributed by atoms with Gasteiger partial charge in [-0.15, -0.1) is 0 Å². The highest BCUT2D eigenvalue weighted by molar-refractivity contribution is 6.42. The number of halogens is 1. The van der Waals surface area contributed by atoms with E-state index in [2.05, 4.69) is 16.1 Å². The van der Waals surface area contributed by atoms with Crippen molar-refractivity contribution >= 4 is 51.6 Å². The number of benzene rings is 3. The molecule has 3 amide bonds. The molecule has 0 radical (unpaired) electrons. The Kier molecular flexibility index (Phi) is 6.88. The Labute approximate surface area is 205 Å². The number of nitrogens with one attached hydrogen (secondary N) is 3. The minimum atomic E-state index is -0.966. The molecule has 0 saturated carbocycles. The molecule has 178 valence electrons. The predicted octanol–water partition coefficient (Wildman–Crippen LogP) is 4.27. The molecule has 0 atom stereocenters. The smallest absolute Gasteiger partial charge is 0.328 e. The summed E-state index contributed by atoms with van der Waals surface area (Å²) in [5, 5.41) is 6.34. The third-order valence-corrected chi connectivity index (χ3v) is 5.35. The first-order valence-electron chi connectivity index (χ1n) is 10.4. The molecule has 35 heavy (non-hydrogen) atoms. The first-order chi connectivity index (χ1) is 16.9. The third-order valence-electron chi connectivity index (χ3n) is 5.11. The number of hydrogen-bond donors (Lipinski definition) is 3. The van der Waals surface area contributed by atoms with Gasteiger partial charge in [0.2, 0.25) is 0 Å². The summed E-state index contributed by atoms with van der Waals surface area (Å²) < 4.78 is 11.5. The van der Waals surface area contributed by atoms with Crippen LogP contribution >= 0.6 is 11.6 Å². The zero-order chi connectivity index (χ0) is 24.9. The van der Waals surface area contributed by atoms with Crippen molar-refractivity contribution < 1.29 is 23.9 Å². The molecule has 0 aliphatic heterocycles. The normalized spacial score (nSPS) is 10.5. The van der Waals surface area contributed by atoms with Gasteiger partial charge in [0, 0.05) is 21.8 Å². The van der Waals surface area contributed by atoms with Gasteiger partial charge in [0.05, 0.1) is 19.7 Å². The number of methoxy groups -OCH3 is 2. The van der Waals surface area contributed by atoms with E-state index in [0.29, 0.717) is 38.8 Å². The molecule has 0 aliphatic rings. The van der Waals surface area contributed by atoms with Gasteiger partial charge < -0.3 is 20.1 Å². The van der Waals surface area contributed by atoms with Gasteiger partial charge in [0.1, 0.15) is 17.2 Å². The van der Waals surface area contributed by atoms with E-state index >= 15 is 0 Å². The summed E-state index contributed by atoms with van der Waals surface area (Å²) in [4.78, 5) is 38.3. The van der Waals surface area contributed by atoms with Crippen molar-refractivity contribution in [2.24, 2.45) is 0 Å². The SMILES string of the molecule is COc1ccc(NC(=O)C(=O)Nn2c(C(=O)Nc3ccc(OC)cc3)cc3cc(Cl)ccc32)cc1. The number of carbonyl (C=O) groups is 3. The van der Waals surface area contributed by atoms with E-state index in [0.717, 1.165) is 0 Å². The second-order valence-electron chi connectivity index (χ2n) is 7.37. The van der Waals surface area contributed by atoms with Gasteiger partial charge in [-0.25, -0.2) is 4.68 Å². The topological polar surface area (TPSA) is 111 Å². The lowest BCUT2D eigenvalue weighted by atomic mass is 10.2. The number of anilines is 2. The minimum Gasteiger partial charge on any atom is -0.497 e. The molecule has 10 heteroatoms. The monoisotopic (exact) mass is 492 g/mol. The fourth-order valence-corrected chi connectivity index (χ4v) is 3.54. The Morgan fingerprint density at radius 2 is 1.31 bits per heavy atom. The second-order valence-corrected chi connectivity index (χ2v) is 7.81. The zero-order valence-electron chi connectivity index (χ0n) is 18.8. The molecule has 3 aromatic carbocycles. The van der Waals surface area contributed by atoms with Crippen LogP contribution in [0.25, 0.3) is 10.9 Å². The van der Waals surface area contributed by atoms with Crippen LogP contribution in [0.3, 0.4) is 0 Å². The van der Waals surface area contributed by atoms with Gasteiger partial charge >= 0.3 is 11.8 Å². The maximum atomic E-state index is 13.1. The van der Waals surface area contributed by atoms with Crippen LogP contribution in [0.2, 0.25) is 5.02 Å². The van der Waals surface area contributed by atoms with Crippen LogP contribution in [0.1, 0.15) is 10.5 Å². The number of carbonyl (C=O) groups excluding carboxylic acids is 3.